The molecule has 2 nitrogen and oxygen atoms in total. The van der Waals surface area contributed by atoms with Crippen molar-refractivity contribution in [2.75, 3.05) is 6.61 Å². The summed E-state index contributed by atoms with van der Waals surface area (Å²) in [5.41, 5.74) is 0. The highest BCUT2D eigenvalue weighted by atomic mass is 16.5. The van der Waals surface area contributed by atoms with Crippen LogP contribution in [0.25, 0.3) is 0 Å². The van der Waals surface area contributed by atoms with Gasteiger partial charge in [0.15, 0.2) is 0 Å². The number of rotatable bonds is 5. The number of hydrogen-bond acceptors (Lipinski definition) is 2. The zero-order chi connectivity index (χ0) is 11.1. The van der Waals surface area contributed by atoms with Gasteiger partial charge in [-0.1, -0.05) is 39.0 Å². The summed E-state index contributed by atoms with van der Waals surface area (Å²) in [6.07, 6.45) is 9.13. The van der Waals surface area contributed by atoms with Crippen LogP contribution in [0.1, 0.15) is 58.8 Å². The summed E-state index contributed by atoms with van der Waals surface area (Å²) in [5.74, 6) is 0.941. The highest BCUT2D eigenvalue weighted by molar-refractivity contribution is 5.71. The maximum Gasteiger partial charge on any atom is 0.308 e. The minimum Gasteiger partial charge on any atom is -0.466 e. The highest BCUT2D eigenvalue weighted by Crippen LogP contribution is 2.28. The minimum atomic E-state index is -0.0201. The zero-order valence-electron chi connectivity index (χ0n) is 10.1. The van der Waals surface area contributed by atoms with Crippen LogP contribution in [0.3, 0.4) is 0 Å². The molecule has 1 aliphatic rings. The van der Waals surface area contributed by atoms with E-state index in [4.69, 9.17) is 4.74 Å². The van der Waals surface area contributed by atoms with E-state index in [1.54, 1.807) is 0 Å². The molecule has 0 spiro atoms. The summed E-state index contributed by atoms with van der Waals surface area (Å²) < 4.78 is 5.00. The third kappa shape index (κ3) is 4.67. The quantitative estimate of drug-likeness (QED) is 0.651. The Morgan fingerprint density at radius 3 is 2.60 bits per heavy atom. The standard InChI is InChI=1S/C13H24O2/c1-3-15-13(14)11(2)9-10-12-7-5-4-6-8-12/h11-12H,3-10H2,1-2H3/t11-/m0/s1. The third-order valence-electron chi connectivity index (χ3n) is 3.42. The molecule has 0 unspecified atom stereocenters. The second kappa shape index (κ2) is 6.86. The monoisotopic (exact) mass is 212 g/mol. The van der Waals surface area contributed by atoms with Gasteiger partial charge in [-0.3, -0.25) is 4.79 Å². The van der Waals surface area contributed by atoms with Gasteiger partial charge in [0.05, 0.1) is 12.5 Å². The van der Waals surface area contributed by atoms with E-state index in [2.05, 4.69) is 0 Å². The molecule has 0 amide bonds. The molecule has 0 N–H and O–H groups in total. The van der Waals surface area contributed by atoms with Crippen LogP contribution < -0.4 is 0 Å². The molecule has 1 atom stereocenters. The van der Waals surface area contributed by atoms with E-state index in [1.165, 1.54) is 38.5 Å². The Hall–Kier alpha value is -0.530. The van der Waals surface area contributed by atoms with Gasteiger partial charge in [0.2, 0.25) is 0 Å². The zero-order valence-corrected chi connectivity index (χ0v) is 10.1. The lowest BCUT2D eigenvalue weighted by Crippen LogP contribution is -2.16. The lowest BCUT2D eigenvalue weighted by atomic mass is 9.84. The first kappa shape index (κ1) is 12.5. The van der Waals surface area contributed by atoms with Gasteiger partial charge >= 0.3 is 5.97 Å². The van der Waals surface area contributed by atoms with E-state index < -0.39 is 0 Å². The maximum absolute atomic E-state index is 11.4. The Bertz CT molecular complexity index is 183. The first-order valence-electron chi connectivity index (χ1n) is 6.40. The fraction of sp³-hybridized carbons (Fsp3) is 0.923. The van der Waals surface area contributed by atoms with Crippen molar-refractivity contribution in [3.05, 3.63) is 0 Å². The van der Waals surface area contributed by atoms with Crippen LogP contribution >= 0.6 is 0 Å². The Morgan fingerprint density at radius 2 is 2.00 bits per heavy atom. The molecular weight excluding hydrogens is 188 g/mol. The lowest BCUT2D eigenvalue weighted by Gasteiger charge is -2.22. The Kier molecular flexibility index (Phi) is 5.74. The molecule has 15 heavy (non-hydrogen) atoms. The Labute approximate surface area is 93.4 Å². The largest absolute Gasteiger partial charge is 0.466 e. The molecule has 0 radical (unpaired) electrons. The molecule has 1 rings (SSSR count). The smallest absolute Gasteiger partial charge is 0.308 e. The van der Waals surface area contributed by atoms with E-state index in [0.29, 0.717) is 6.61 Å². The molecule has 88 valence electrons. The van der Waals surface area contributed by atoms with E-state index in [9.17, 15) is 4.79 Å². The van der Waals surface area contributed by atoms with Crippen molar-refractivity contribution in [1.29, 1.82) is 0 Å². The molecular formula is C13H24O2. The molecule has 1 saturated carbocycles. The van der Waals surface area contributed by atoms with Gasteiger partial charge in [0.1, 0.15) is 0 Å². The number of esters is 1. The van der Waals surface area contributed by atoms with Crippen molar-refractivity contribution in [3.8, 4) is 0 Å². The van der Waals surface area contributed by atoms with Crippen molar-refractivity contribution in [2.24, 2.45) is 11.8 Å². The fourth-order valence-corrected chi connectivity index (χ4v) is 2.36. The maximum atomic E-state index is 11.4. The Balaban J connectivity index is 2.14. The van der Waals surface area contributed by atoms with E-state index in [-0.39, 0.29) is 11.9 Å². The second-order valence-electron chi connectivity index (χ2n) is 4.73. The van der Waals surface area contributed by atoms with Gasteiger partial charge in [-0.15, -0.1) is 0 Å². The first-order valence-corrected chi connectivity index (χ1v) is 6.40. The molecule has 0 bridgehead atoms. The molecule has 0 saturated heterocycles. The molecule has 0 heterocycles. The van der Waals surface area contributed by atoms with Gasteiger partial charge in [0, 0.05) is 0 Å². The van der Waals surface area contributed by atoms with Crippen LogP contribution in [0.15, 0.2) is 0 Å². The van der Waals surface area contributed by atoms with Crippen molar-refractivity contribution in [2.45, 2.75) is 58.8 Å². The molecule has 0 aromatic rings. The fourth-order valence-electron chi connectivity index (χ4n) is 2.36. The average Bonchev–Trinajstić information content (AvgIpc) is 2.27. The summed E-state index contributed by atoms with van der Waals surface area (Å²) in [5, 5.41) is 0. The van der Waals surface area contributed by atoms with Gasteiger partial charge in [-0.25, -0.2) is 0 Å². The van der Waals surface area contributed by atoms with Crippen molar-refractivity contribution in [3.63, 3.8) is 0 Å². The molecule has 0 aromatic heterocycles. The van der Waals surface area contributed by atoms with Crippen molar-refractivity contribution < 1.29 is 9.53 Å². The third-order valence-corrected chi connectivity index (χ3v) is 3.42. The lowest BCUT2D eigenvalue weighted by molar-refractivity contribution is -0.147. The highest BCUT2D eigenvalue weighted by Gasteiger charge is 2.18. The SMILES string of the molecule is CCOC(=O)[C@@H](C)CCC1CCCCC1. The van der Waals surface area contributed by atoms with Crippen molar-refractivity contribution >= 4 is 5.97 Å². The van der Waals surface area contributed by atoms with Crippen LogP contribution in [-0.2, 0) is 9.53 Å². The molecule has 0 aromatic carbocycles. The second-order valence-corrected chi connectivity index (χ2v) is 4.73. The summed E-state index contributed by atoms with van der Waals surface area (Å²) in [4.78, 5) is 11.4. The number of ether oxygens (including phenoxy) is 1. The van der Waals surface area contributed by atoms with Crippen LogP contribution in [0.4, 0.5) is 0 Å². The summed E-state index contributed by atoms with van der Waals surface area (Å²) in [7, 11) is 0. The van der Waals surface area contributed by atoms with Gasteiger partial charge in [-0.05, 0) is 25.7 Å². The van der Waals surface area contributed by atoms with E-state index in [1.807, 2.05) is 13.8 Å². The Morgan fingerprint density at radius 1 is 1.33 bits per heavy atom. The molecule has 1 aliphatic carbocycles. The number of carbonyl (C=O) groups is 1. The van der Waals surface area contributed by atoms with Gasteiger partial charge in [-0.2, -0.15) is 0 Å². The van der Waals surface area contributed by atoms with Crippen LogP contribution in [0, 0.1) is 11.8 Å². The van der Waals surface area contributed by atoms with Crippen molar-refractivity contribution in [1.82, 2.24) is 0 Å². The topological polar surface area (TPSA) is 26.3 Å². The molecule has 1 fully saturated rings. The van der Waals surface area contributed by atoms with Gasteiger partial charge < -0.3 is 4.74 Å². The predicted molar refractivity (Wildman–Crippen MR) is 61.6 cm³/mol. The first-order chi connectivity index (χ1) is 7.24. The van der Waals surface area contributed by atoms with Crippen LogP contribution in [0.5, 0.6) is 0 Å². The van der Waals surface area contributed by atoms with Gasteiger partial charge in [0.25, 0.3) is 0 Å². The molecule has 0 aliphatic heterocycles. The summed E-state index contributed by atoms with van der Waals surface area (Å²) >= 11 is 0. The van der Waals surface area contributed by atoms with E-state index >= 15 is 0 Å². The average molecular weight is 212 g/mol. The van der Waals surface area contributed by atoms with E-state index in [0.717, 1.165) is 12.3 Å². The number of hydrogen-bond donors (Lipinski definition) is 0. The predicted octanol–water partition coefficient (Wildman–Crippen LogP) is 3.55. The minimum absolute atomic E-state index is 0.0201. The molecule has 2 heteroatoms. The normalized spacial score (nSPS) is 19.9. The summed E-state index contributed by atoms with van der Waals surface area (Å²) in [6.45, 7) is 4.36. The number of carbonyl (C=O) groups excluding carboxylic acids is 1. The summed E-state index contributed by atoms with van der Waals surface area (Å²) in [6, 6.07) is 0. The van der Waals surface area contributed by atoms with Crippen LogP contribution in [-0.4, -0.2) is 12.6 Å². The van der Waals surface area contributed by atoms with Crippen LogP contribution in [0.2, 0.25) is 0 Å².